The Hall–Kier alpha value is -1.89. The fourth-order valence-electron chi connectivity index (χ4n) is 2.43. The van der Waals surface area contributed by atoms with Crippen LogP contribution in [0.4, 0.5) is 0 Å². The van der Waals surface area contributed by atoms with Crippen molar-refractivity contribution in [2.24, 2.45) is 0 Å². The molecule has 25 heavy (non-hydrogen) atoms. The lowest BCUT2D eigenvalue weighted by Crippen LogP contribution is -2.40. The second-order valence-electron chi connectivity index (χ2n) is 5.86. The van der Waals surface area contributed by atoms with Gasteiger partial charge in [0.15, 0.2) is 11.5 Å². The molecule has 0 aromatic heterocycles. The molecule has 0 fully saturated rings. The number of carboxylic acids is 1. The molecule has 1 heterocycles. The summed E-state index contributed by atoms with van der Waals surface area (Å²) < 4.78 is 11.2. The van der Waals surface area contributed by atoms with Crippen LogP contribution in [0.3, 0.4) is 0 Å². The van der Waals surface area contributed by atoms with Crippen LogP contribution < -0.4 is 14.8 Å². The topological polar surface area (TPSA) is 84.9 Å². The van der Waals surface area contributed by atoms with E-state index in [1.54, 1.807) is 0 Å². The van der Waals surface area contributed by atoms with Gasteiger partial charge in [-0.2, -0.15) is 0 Å². The zero-order valence-electron chi connectivity index (χ0n) is 14.5. The number of thioether (sulfide) groups is 1. The van der Waals surface area contributed by atoms with Gasteiger partial charge in [-0.05, 0) is 24.6 Å². The van der Waals surface area contributed by atoms with Crippen molar-refractivity contribution in [3.05, 3.63) is 18.2 Å². The number of carboxylic acid groups (broad SMARTS) is 1. The highest BCUT2D eigenvalue weighted by Gasteiger charge is 2.19. The highest BCUT2D eigenvalue weighted by Crippen LogP contribution is 2.33. The first-order valence-corrected chi connectivity index (χ1v) is 9.63. The van der Waals surface area contributed by atoms with Crippen LogP contribution in [0.5, 0.6) is 11.5 Å². The van der Waals surface area contributed by atoms with Crippen molar-refractivity contribution in [2.75, 3.05) is 19.0 Å². The smallest absolute Gasteiger partial charge is 0.326 e. The van der Waals surface area contributed by atoms with Crippen LogP contribution in [0.2, 0.25) is 0 Å². The van der Waals surface area contributed by atoms with E-state index in [1.807, 2.05) is 25.1 Å². The van der Waals surface area contributed by atoms with Crippen LogP contribution in [0.1, 0.15) is 39.0 Å². The number of fused-ring (bicyclic) bond motifs is 1. The third-order valence-electron chi connectivity index (χ3n) is 3.80. The van der Waals surface area contributed by atoms with Crippen molar-refractivity contribution >= 4 is 23.6 Å². The molecular formula is C18H25NO5S. The van der Waals surface area contributed by atoms with E-state index in [2.05, 4.69) is 5.32 Å². The number of unbranched alkanes of at least 4 members (excludes halogenated alkanes) is 1. The molecule has 0 spiro atoms. The van der Waals surface area contributed by atoms with Crippen molar-refractivity contribution in [2.45, 2.75) is 50.0 Å². The van der Waals surface area contributed by atoms with Gasteiger partial charge in [-0.25, -0.2) is 4.79 Å². The van der Waals surface area contributed by atoms with Gasteiger partial charge in [-0.1, -0.05) is 19.8 Å². The molecule has 7 heteroatoms. The number of nitrogens with one attached hydrogen (secondary N) is 1. The van der Waals surface area contributed by atoms with Crippen molar-refractivity contribution in [3.63, 3.8) is 0 Å². The van der Waals surface area contributed by atoms with Crippen molar-refractivity contribution in [3.8, 4) is 11.5 Å². The normalized spacial score (nSPS) is 14.4. The Balaban J connectivity index is 1.78. The number of hydrogen-bond acceptors (Lipinski definition) is 5. The minimum Gasteiger partial charge on any atom is -0.490 e. The maximum Gasteiger partial charge on any atom is 0.326 e. The van der Waals surface area contributed by atoms with Gasteiger partial charge in [0, 0.05) is 23.5 Å². The molecule has 1 aliphatic rings. The first-order valence-electron chi connectivity index (χ1n) is 8.64. The van der Waals surface area contributed by atoms with E-state index >= 15 is 0 Å². The fraction of sp³-hybridized carbons (Fsp3) is 0.556. The number of rotatable bonds is 9. The molecule has 6 nitrogen and oxygen atoms in total. The SMILES string of the molecule is CCCC[C@H](NC(=O)CCSc1ccc2c(c1)OCCCO2)C(=O)O. The monoisotopic (exact) mass is 367 g/mol. The van der Waals surface area contributed by atoms with Crippen LogP contribution >= 0.6 is 11.8 Å². The van der Waals surface area contributed by atoms with Gasteiger partial charge >= 0.3 is 5.97 Å². The average molecular weight is 367 g/mol. The van der Waals surface area contributed by atoms with E-state index in [0.29, 0.717) is 25.4 Å². The number of amides is 1. The Labute approximate surface area is 152 Å². The van der Waals surface area contributed by atoms with Crippen LogP contribution in [-0.4, -0.2) is 42.0 Å². The lowest BCUT2D eigenvalue weighted by atomic mass is 10.1. The summed E-state index contributed by atoms with van der Waals surface area (Å²) in [5.41, 5.74) is 0. The zero-order valence-corrected chi connectivity index (χ0v) is 15.3. The Morgan fingerprint density at radius 2 is 2.04 bits per heavy atom. The Morgan fingerprint density at radius 3 is 2.76 bits per heavy atom. The second-order valence-corrected chi connectivity index (χ2v) is 7.03. The molecule has 1 atom stereocenters. The van der Waals surface area contributed by atoms with Crippen LogP contribution in [0.15, 0.2) is 23.1 Å². The zero-order chi connectivity index (χ0) is 18.1. The summed E-state index contributed by atoms with van der Waals surface area (Å²) in [5, 5.41) is 11.7. The third kappa shape index (κ3) is 6.49. The number of ether oxygens (including phenoxy) is 2. The number of benzene rings is 1. The van der Waals surface area contributed by atoms with E-state index in [1.165, 1.54) is 11.8 Å². The summed E-state index contributed by atoms with van der Waals surface area (Å²) in [4.78, 5) is 24.1. The molecule has 1 aromatic carbocycles. The second kappa shape index (κ2) is 10.2. The Kier molecular flexibility index (Phi) is 7.91. The van der Waals surface area contributed by atoms with E-state index < -0.39 is 12.0 Å². The minimum absolute atomic E-state index is 0.231. The molecule has 1 aromatic rings. The quantitative estimate of drug-likeness (QED) is 0.653. The largest absolute Gasteiger partial charge is 0.490 e. The molecule has 1 amide bonds. The van der Waals surface area contributed by atoms with E-state index in [0.717, 1.165) is 35.7 Å². The molecule has 0 bridgehead atoms. The molecule has 0 saturated heterocycles. The number of carbonyl (C=O) groups excluding carboxylic acids is 1. The molecular weight excluding hydrogens is 342 g/mol. The molecule has 0 radical (unpaired) electrons. The highest BCUT2D eigenvalue weighted by atomic mass is 32.2. The van der Waals surface area contributed by atoms with Gasteiger partial charge in [0.1, 0.15) is 6.04 Å². The molecule has 2 N–H and O–H groups in total. The van der Waals surface area contributed by atoms with Gasteiger partial charge in [0.25, 0.3) is 0 Å². The predicted octanol–water partition coefficient (Wildman–Crippen LogP) is 3.09. The molecule has 138 valence electrons. The van der Waals surface area contributed by atoms with E-state index in [4.69, 9.17) is 14.6 Å². The average Bonchev–Trinajstić information content (AvgIpc) is 2.83. The third-order valence-corrected chi connectivity index (χ3v) is 4.79. The van der Waals surface area contributed by atoms with Gasteiger partial charge in [0.05, 0.1) is 13.2 Å². The lowest BCUT2D eigenvalue weighted by Gasteiger charge is -2.14. The molecule has 1 aliphatic heterocycles. The summed E-state index contributed by atoms with van der Waals surface area (Å²) in [5.74, 6) is 0.853. The van der Waals surface area contributed by atoms with Gasteiger partial charge < -0.3 is 19.9 Å². The fourth-order valence-corrected chi connectivity index (χ4v) is 3.30. The summed E-state index contributed by atoms with van der Waals surface area (Å²) in [6.07, 6.45) is 3.28. The van der Waals surface area contributed by atoms with Crippen LogP contribution in [-0.2, 0) is 9.59 Å². The summed E-state index contributed by atoms with van der Waals surface area (Å²) >= 11 is 1.54. The van der Waals surface area contributed by atoms with Gasteiger partial charge in [-0.3, -0.25) is 4.79 Å². The Morgan fingerprint density at radius 1 is 1.28 bits per heavy atom. The summed E-state index contributed by atoms with van der Waals surface area (Å²) in [6.45, 7) is 3.28. The Bertz CT molecular complexity index is 593. The summed E-state index contributed by atoms with van der Waals surface area (Å²) in [7, 11) is 0. The van der Waals surface area contributed by atoms with Gasteiger partial charge in [-0.15, -0.1) is 11.8 Å². The number of carbonyl (C=O) groups is 2. The first kappa shape index (κ1) is 19.4. The first-order chi connectivity index (χ1) is 12.1. The van der Waals surface area contributed by atoms with Crippen molar-refractivity contribution in [1.82, 2.24) is 5.32 Å². The minimum atomic E-state index is -0.975. The van der Waals surface area contributed by atoms with E-state index in [-0.39, 0.29) is 12.3 Å². The maximum atomic E-state index is 12.0. The molecule has 2 rings (SSSR count). The predicted molar refractivity (Wildman–Crippen MR) is 96.5 cm³/mol. The maximum absolute atomic E-state index is 12.0. The number of hydrogen-bond donors (Lipinski definition) is 2. The number of aliphatic carboxylic acids is 1. The van der Waals surface area contributed by atoms with Crippen molar-refractivity contribution < 1.29 is 24.2 Å². The van der Waals surface area contributed by atoms with Crippen molar-refractivity contribution in [1.29, 1.82) is 0 Å². The van der Waals surface area contributed by atoms with Crippen LogP contribution in [0.25, 0.3) is 0 Å². The molecule has 0 aliphatic carbocycles. The lowest BCUT2D eigenvalue weighted by molar-refractivity contribution is -0.142. The van der Waals surface area contributed by atoms with Crippen LogP contribution in [0, 0.1) is 0 Å². The standard InChI is InChI=1S/C18H25NO5S/c1-2-3-5-14(18(21)22)19-17(20)8-11-25-13-6-7-15-16(12-13)24-10-4-9-23-15/h6-7,12,14H,2-5,8-11H2,1H3,(H,19,20)(H,21,22)/t14-/m0/s1. The molecule has 0 saturated carbocycles. The van der Waals surface area contributed by atoms with Gasteiger partial charge in [0.2, 0.25) is 5.91 Å². The van der Waals surface area contributed by atoms with E-state index in [9.17, 15) is 9.59 Å². The molecule has 0 unspecified atom stereocenters. The highest BCUT2D eigenvalue weighted by molar-refractivity contribution is 7.99. The summed E-state index contributed by atoms with van der Waals surface area (Å²) in [6, 6.07) is 4.95.